The van der Waals surface area contributed by atoms with E-state index in [1.807, 2.05) is 19.3 Å². The Labute approximate surface area is 116 Å². The minimum Gasteiger partial charge on any atom is -0.326 e. The monoisotopic (exact) mass is 300 g/mol. The molecule has 0 atom stereocenters. The van der Waals surface area contributed by atoms with Crippen molar-refractivity contribution in [1.29, 1.82) is 0 Å². The highest BCUT2D eigenvalue weighted by atomic mass is 32.2. The van der Waals surface area contributed by atoms with Crippen LogP contribution in [-0.2, 0) is 30.0 Å². The summed E-state index contributed by atoms with van der Waals surface area (Å²) < 4.78 is 28.5. The molecule has 2 rings (SSSR count). The van der Waals surface area contributed by atoms with Crippen LogP contribution in [0, 0.1) is 0 Å². The van der Waals surface area contributed by atoms with Gasteiger partial charge in [-0.25, -0.2) is 13.1 Å². The fourth-order valence-corrected chi connectivity index (χ4v) is 3.90. The quantitative estimate of drug-likeness (QED) is 0.811. The van der Waals surface area contributed by atoms with Crippen LogP contribution < -0.4 is 10.5 Å². The van der Waals surface area contributed by atoms with Gasteiger partial charge in [0.1, 0.15) is 4.21 Å². The Morgan fingerprint density at radius 3 is 2.79 bits per heavy atom. The summed E-state index contributed by atoms with van der Waals surface area (Å²) in [7, 11) is -1.61. The van der Waals surface area contributed by atoms with Crippen LogP contribution in [0.2, 0.25) is 0 Å². The van der Waals surface area contributed by atoms with Crippen LogP contribution in [0.4, 0.5) is 0 Å². The molecule has 0 amide bonds. The summed E-state index contributed by atoms with van der Waals surface area (Å²) in [6.45, 7) is 0.684. The van der Waals surface area contributed by atoms with Crippen molar-refractivity contribution in [3.63, 3.8) is 0 Å². The highest BCUT2D eigenvalue weighted by Gasteiger charge is 2.16. The molecule has 6 nitrogen and oxygen atoms in total. The van der Waals surface area contributed by atoms with Gasteiger partial charge in [0.15, 0.2) is 0 Å². The Balaban J connectivity index is 1.94. The van der Waals surface area contributed by atoms with E-state index in [0.29, 0.717) is 23.7 Å². The first-order valence-corrected chi connectivity index (χ1v) is 8.08. The molecular formula is C11H16N4O2S2. The summed E-state index contributed by atoms with van der Waals surface area (Å²) in [5.41, 5.74) is 6.33. The van der Waals surface area contributed by atoms with E-state index in [9.17, 15) is 8.42 Å². The number of sulfonamides is 1. The summed E-state index contributed by atoms with van der Waals surface area (Å²) in [5.74, 6) is 0. The molecule has 0 aliphatic rings. The number of hydrogen-bond acceptors (Lipinski definition) is 5. The first-order valence-electron chi connectivity index (χ1n) is 5.78. The zero-order valence-corrected chi connectivity index (χ0v) is 12.2. The lowest BCUT2D eigenvalue weighted by atomic mass is 10.3. The summed E-state index contributed by atoms with van der Waals surface area (Å²) in [4.78, 5) is 0.852. The van der Waals surface area contributed by atoms with Crippen LogP contribution in [0.25, 0.3) is 0 Å². The molecule has 2 heterocycles. The number of rotatable bonds is 6. The Hall–Kier alpha value is -1.22. The van der Waals surface area contributed by atoms with Crippen LogP contribution in [-0.4, -0.2) is 24.7 Å². The predicted molar refractivity (Wildman–Crippen MR) is 74.3 cm³/mol. The maximum absolute atomic E-state index is 12.0. The highest BCUT2D eigenvalue weighted by molar-refractivity contribution is 7.91. The lowest BCUT2D eigenvalue weighted by molar-refractivity contribution is 0.583. The molecule has 0 spiro atoms. The van der Waals surface area contributed by atoms with Crippen molar-refractivity contribution in [2.45, 2.75) is 17.2 Å². The van der Waals surface area contributed by atoms with Gasteiger partial charge in [-0.1, -0.05) is 0 Å². The molecule has 2 aromatic heterocycles. The van der Waals surface area contributed by atoms with Crippen molar-refractivity contribution >= 4 is 21.4 Å². The van der Waals surface area contributed by atoms with Crippen molar-refractivity contribution in [1.82, 2.24) is 14.5 Å². The zero-order chi connectivity index (χ0) is 13.9. The summed E-state index contributed by atoms with van der Waals surface area (Å²) >= 11 is 1.19. The second kappa shape index (κ2) is 5.83. The van der Waals surface area contributed by atoms with E-state index in [-0.39, 0.29) is 0 Å². The third-order valence-corrected chi connectivity index (χ3v) is 5.61. The van der Waals surface area contributed by atoms with Gasteiger partial charge in [-0.15, -0.1) is 11.3 Å². The van der Waals surface area contributed by atoms with E-state index in [1.54, 1.807) is 16.8 Å². The molecule has 8 heteroatoms. The molecule has 0 fully saturated rings. The lowest BCUT2D eigenvalue weighted by Gasteiger charge is -2.03. The topological polar surface area (TPSA) is 90.0 Å². The molecule has 0 saturated heterocycles. The Morgan fingerprint density at radius 2 is 2.21 bits per heavy atom. The maximum Gasteiger partial charge on any atom is 0.250 e. The summed E-state index contributed by atoms with van der Waals surface area (Å²) in [5, 5.41) is 4.19. The van der Waals surface area contributed by atoms with Crippen molar-refractivity contribution in [3.8, 4) is 0 Å². The lowest BCUT2D eigenvalue weighted by Crippen LogP contribution is -2.25. The third kappa shape index (κ3) is 3.63. The standard InChI is InChI=1S/C11H16N4O2S2/c1-15-7-5-9(14-15)4-6-13-19(16,17)11-3-2-10(8-12)18-11/h2-3,5,7,13H,4,6,8,12H2,1H3. The zero-order valence-electron chi connectivity index (χ0n) is 10.5. The Morgan fingerprint density at radius 1 is 1.42 bits per heavy atom. The largest absolute Gasteiger partial charge is 0.326 e. The molecular weight excluding hydrogens is 284 g/mol. The fraction of sp³-hybridized carbons (Fsp3) is 0.364. The Bertz CT molecular complexity index is 645. The van der Waals surface area contributed by atoms with Crippen molar-refractivity contribution in [3.05, 3.63) is 35.0 Å². The highest BCUT2D eigenvalue weighted by Crippen LogP contribution is 2.20. The second-order valence-corrected chi connectivity index (χ2v) is 7.22. The van der Waals surface area contributed by atoms with Crippen molar-refractivity contribution in [2.75, 3.05) is 6.54 Å². The number of nitrogens with one attached hydrogen (secondary N) is 1. The molecule has 2 aromatic rings. The van der Waals surface area contributed by atoms with Gasteiger partial charge in [0.05, 0.1) is 5.69 Å². The molecule has 104 valence electrons. The number of aromatic nitrogens is 2. The van der Waals surface area contributed by atoms with Gasteiger partial charge in [-0.05, 0) is 18.2 Å². The Kier molecular flexibility index (Phi) is 4.35. The molecule has 0 aliphatic carbocycles. The molecule has 0 aliphatic heterocycles. The van der Waals surface area contributed by atoms with Crippen molar-refractivity contribution in [2.24, 2.45) is 12.8 Å². The van der Waals surface area contributed by atoms with Crippen LogP contribution in [0.1, 0.15) is 10.6 Å². The van der Waals surface area contributed by atoms with Gasteiger partial charge in [-0.2, -0.15) is 5.10 Å². The average Bonchev–Trinajstić information content (AvgIpc) is 2.98. The predicted octanol–water partition coefficient (Wildman–Crippen LogP) is 0.461. The van der Waals surface area contributed by atoms with E-state index in [1.165, 1.54) is 11.3 Å². The van der Waals surface area contributed by atoms with Crippen LogP contribution in [0.15, 0.2) is 28.6 Å². The third-order valence-electron chi connectivity index (χ3n) is 2.55. The van der Waals surface area contributed by atoms with E-state index in [2.05, 4.69) is 9.82 Å². The molecule has 19 heavy (non-hydrogen) atoms. The van der Waals surface area contributed by atoms with Crippen LogP contribution >= 0.6 is 11.3 Å². The number of aryl methyl sites for hydroxylation is 1. The van der Waals surface area contributed by atoms with Gasteiger partial charge in [0.2, 0.25) is 10.0 Å². The van der Waals surface area contributed by atoms with E-state index >= 15 is 0 Å². The summed E-state index contributed by atoms with van der Waals surface area (Å²) in [6.07, 6.45) is 2.39. The SMILES string of the molecule is Cn1ccc(CCNS(=O)(=O)c2ccc(CN)s2)n1. The average molecular weight is 300 g/mol. The smallest absolute Gasteiger partial charge is 0.250 e. The number of hydrogen-bond donors (Lipinski definition) is 2. The normalized spacial score (nSPS) is 11.9. The fourth-order valence-electron chi connectivity index (χ4n) is 1.59. The number of nitrogens with two attached hydrogens (primary N) is 1. The maximum atomic E-state index is 12.0. The minimum absolute atomic E-state index is 0.300. The second-order valence-electron chi connectivity index (χ2n) is 4.05. The molecule has 0 unspecified atom stereocenters. The number of nitrogens with zero attached hydrogens (tertiary/aromatic N) is 2. The van der Waals surface area contributed by atoms with Gasteiger partial charge in [0.25, 0.3) is 0 Å². The van der Waals surface area contributed by atoms with E-state index < -0.39 is 10.0 Å². The van der Waals surface area contributed by atoms with Crippen LogP contribution in [0.3, 0.4) is 0 Å². The van der Waals surface area contributed by atoms with Crippen LogP contribution in [0.5, 0.6) is 0 Å². The van der Waals surface area contributed by atoms with E-state index in [0.717, 1.165) is 10.6 Å². The van der Waals surface area contributed by atoms with Crippen molar-refractivity contribution < 1.29 is 8.42 Å². The van der Waals surface area contributed by atoms with E-state index in [4.69, 9.17) is 5.73 Å². The molecule has 0 radical (unpaired) electrons. The van der Waals surface area contributed by atoms with Gasteiger partial charge < -0.3 is 5.73 Å². The first kappa shape index (κ1) is 14.2. The molecule has 0 aromatic carbocycles. The minimum atomic E-state index is -3.43. The number of thiophene rings is 1. The molecule has 3 N–H and O–H groups in total. The van der Waals surface area contributed by atoms with Gasteiger partial charge in [-0.3, -0.25) is 4.68 Å². The molecule has 0 saturated carbocycles. The molecule has 0 bridgehead atoms. The first-order chi connectivity index (χ1) is 9.01. The van der Waals surface area contributed by atoms with Gasteiger partial charge >= 0.3 is 0 Å². The van der Waals surface area contributed by atoms with Gasteiger partial charge in [0, 0.05) is 37.6 Å². The summed E-state index contributed by atoms with van der Waals surface area (Å²) in [6, 6.07) is 5.18.